The summed E-state index contributed by atoms with van der Waals surface area (Å²) in [5.41, 5.74) is 12.6. The summed E-state index contributed by atoms with van der Waals surface area (Å²) in [6.45, 7) is 0.731. The van der Waals surface area contributed by atoms with E-state index >= 15 is 0 Å². The lowest BCUT2D eigenvalue weighted by Gasteiger charge is -2.27. The third-order valence-corrected chi connectivity index (χ3v) is 7.12. The van der Waals surface area contributed by atoms with Gasteiger partial charge < -0.3 is 26.6 Å². The number of nitrogens with one attached hydrogen (secondary N) is 1. The molecule has 0 bridgehead atoms. The summed E-state index contributed by atoms with van der Waals surface area (Å²) in [6.07, 6.45) is -1.67. The van der Waals surface area contributed by atoms with Gasteiger partial charge in [0, 0.05) is 44.2 Å². The Kier molecular flexibility index (Phi) is 7.86. The van der Waals surface area contributed by atoms with E-state index in [2.05, 4.69) is 10.3 Å². The molecule has 0 aliphatic carbocycles. The molecule has 2 fully saturated rings. The van der Waals surface area contributed by atoms with E-state index in [0.29, 0.717) is 24.5 Å². The van der Waals surface area contributed by atoms with Gasteiger partial charge in [-0.1, -0.05) is 12.1 Å². The van der Waals surface area contributed by atoms with Gasteiger partial charge in [-0.15, -0.1) is 0 Å². The highest BCUT2D eigenvalue weighted by atomic mass is 19.4. The van der Waals surface area contributed by atoms with Crippen LogP contribution in [0.5, 0.6) is 0 Å². The maximum absolute atomic E-state index is 13.5. The molecule has 0 saturated carbocycles. The molecule has 1 aromatic carbocycles. The molecule has 3 amide bonds. The standard InChI is InChI=1S/C25H31F3N6O3/c26-25(27,28)17-12-20(23(36)32-13-15-3-4-18-16(11-15)7-8-31-22(18)30)34(14-17)24(37)19(29)5-6-21(35)33-9-1-2-10-33/h3-4,7-8,11,17,19-20H,1-2,5-6,9-10,12-14,29H2,(H2,30,31)(H,32,36)/t17?,19-,20+/m1/s1. The number of fused-ring (bicyclic) bond motifs is 1. The first kappa shape index (κ1) is 26.6. The van der Waals surface area contributed by atoms with Gasteiger partial charge >= 0.3 is 6.18 Å². The van der Waals surface area contributed by atoms with Gasteiger partial charge in [-0.05, 0) is 48.8 Å². The van der Waals surface area contributed by atoms with Gasteiger partial charge in [-0.2, -0.15) is 13.2 Å². The fourth-order valence-electron chi connectivity index (χ4n) is 4.97. The fourth-order valence-corrected chi connectivity index (χ4v) is 4.97. The number of carbonyl (C=O) groups is 3. The van der Waals surface area contributed by atoms with Crippen molar-refractivity contribution in [1.82, 2.24) is 20.1 Å². The molecule has 2 aliphatic heterocycles. The molecule has 4 rings (SSSR count). The van der Waals surface area contributed by atoms with Crippen LogP contribution in [0.15, 0.2) is 30.5 Å². The van der Waals surface area contributed by atoms with Crippen LogP contribution in [-0.2, 0) is 20.9 Å². The number of rotatable bonds is 7. The molecule has 12 heteroatoms. The Morgan fingerprint density at radius 2 is 1.89 bits per heavy atom. The lowest BCUT2D eigenvalue weighted by molar-refractivity contribution is -0.171. The van der Waals surface area contributed by atoms with Crippen LogP contribution in [0.25, 0.3) is 10.8 Å². The highest BCUT2D eigenvalue weighted by molar-refractivity contribution is 5.92. The highest BCUT2D eigenvalue weighted by Gasteiger charge is 2.51. The van der Waals surface area contributed by atoms with Crippen molar-refractivity contribution in [1.29, 1.82) is 0 Å². The Morgan fingerprint density at radius 1 is 1.16 bits per heavy atom. The Balaban J connectivity index is 1.41. The van der Waals surface area contributed by atoms with Crippen LogP contribution >= 0.6 is 0 Å². The Hall–Kier alpha value is -3.41. The molecule has 2 aliphatic rings. The van der Waals surface area contributed by atoms with Crippen LogP contribution in [0.4, 0.5) is 19.0 Å². The number of carbonyl (C=O) groups excluding carboxylic acids is 3. The van der Waals surface area contributed by atoms with E-state index in [1.807, 2.05) is 0 Å². The number of hydrogen-bond donors (Lipinski definition) is 3. The average molecular weight is 521 g/mol. The van der Waals surface area contributed by atoms with Crippen LogP contribution < -0.4 is 16.8 Å². The van der Waals surface area contributed by atoms with Crippen molar-refractivity contribution in [2.75, 3.05) is 25.4 Å². The largest absolute Gasteiger partial charge is 0.393 e. The van der Waals surface area contributed by atoms with E-state index in [-0.39, 0.29) is 25.3 Å². The zero-order valence-corrected chi connectivity index (χ0v) is 20.3. The molecular formula is C25H31F3N6O3. The second-order valence-electron chi connectivity index (χ2n) is 9.68. The van der Waals surface area contributed by atoms with E-state index in [4.69, 9.17) is 11.5 Å². The molecular weight excluding hydrogens is 489 g/mol. The van der Waals surface area contributed by atoms with E-state index < -0.39 is 49.0 Å². The SMILES string of the molecule is Nc1nccc2cc(CNC(=O)[C@@H]3CC(C(F)(F)F)CN3C(=O)[C@H](N)CCC(=O)N3CCCC3)ccc12. The molecule has 37 heavy (non-hydrogen) atoms. The van der Waals surface area contributed by atoms with Crippen molar-refractivity contribution in [2.24, 2.45) is 11.7 Å². The lowest BCUT2D eigenvalue weighted by Crippen LogP contribution is -2.51. The summed E-state index contributed by atoms with van der Waals surface area (Å²) in [5, 5.41) is 4.21. The topological polar surface area (TPSA) is 135 Å². The third-order valence-electron chi connectivity index (χ3n) is 7.12. The number of nitrogens with zero attached hydrogens (tertiary/aromatic N) is 3. The van der Waals surface area contributed by atoms with Crippen molar-refractivity contribution in [3.63, 3.8) is 0 Å². The molecule has 9 nitrogen and oxygen atoms in total. The Bertz CT molecular complexity index is 1170. The monoisotopic (exact) mass is 520 g/mol. The molecule has 0 spiro atoms. The number of pyridine rings is 1. The molecule has 3 atom stereocenters. The molecule has 1 unspecified atom stereocenters. The molecule has 200 valence electrons. The van der Waals surface area contributed by atoms with Crippen LogP contribution in [0.2, 0.25) is 0 Å². The Labute approximate surface area is 212 Å². The quantitative estimate of drug-likeness (QED) is 0.511. The van der Waals surface area contributed by atoms with Gasteiger partial charge in [0.1, 0.15) is 11.9 Å². The second-order valence-corrected chi connectivity index (χ2v) is 9.68. The van der Waals surface area contributed by atoms with Crippen molar-refractivity contribution >= 4 is 34.3 Å². The fraction of sp³-hybridized carbons (Fsp3) is 0.520. The molecule has 5 N–H and O–H groups in total. The van der Waals surface area contributed by atoms with Gasteiger partial charge in [0.15, 0.2) is 0 Å². The number of amides is 3. The van der Waals surface area contributed by atoms with Crippen LogP contribution in [0.1, 0.15) is 37.7 Å². The molecule has 2 aromatic rings. The smallest absolute Gasteiger partial charge is 0.383 e. The predicted molar refractivity (Wildman–Crippen MR) is 131 cm³/mol. The van der Waals surface area contributed by atoms with E-state index in [1.54, 1.807) is 35.4 Å². The number of hydrogen-bond acceptors (Lipinski definition) is 6. The molecule has 0 radical (unpaired) electrons. The number of nitrogen functional groups attached to an aromatic ring is 1. The first-order valence-electron chi connectivity index (χ1n) is 12.4. The normalized spacial score (nSPS) is 20.9. The number of benzene rings is 1. The summed E-state index contributed by atoms with van der Waals surface area (Å²) >= 11 is 0. The van der Waals surface area contributed by atoms with Gasteiger partial charge in [0.25, 0.3) is 0 Å². The highest BCUT2D eigenvalue weighted by Crippen LogP contribution is 2.37. The molecule has 2 saturated heterocycles. The number of likely N-dealkylation sites (tertiary alicyclic amines) is 2. The summed E-state index contributed by atoms with van der Waals surface area (Å²) < 4.78 is 40.6. The molecule has 3 heterocycles. The number of halogens is 3. The van der Waals surface area contributed by atoms with Crippen molar-refractivity contribution in [3.05, 3.63) is 36.0 Å². The third kappa shape index (κ3) is 6.12. The lowest BCUT2D eigenvalue weighted by atomic mass is 10.0. The van der Waals surface area contributed by atoms with Crippen molar-refractivity contribution < 1.29 is 27.6 Å². The summed E-state index contributed by atoms with van der Waals surface area (Å²) in [7, 11) is 0. The minimum Gasteiger partial charge on any atom is -0.383 e. The van der Waals surface area contributed by atoms with Crippen LogP contribution in [0.3, 0.4) is 0 Å². The van der Waals surface area contributed by atoms with Gasteiger partial charge in [0.05, 0.1) is 12.0 Å². The number of anilines is 1. The number of alkyl halides is 3. The van der Waals surface area contributed by atoms with Gasteiger partial charge in [-0.25, -0.2) is 4.98 Å². The van der Waals surface area contributed by atoms with E-state index in [0.717, 1.165) is 28.5 Å². The molecule has 1 aromatic heterocycles. The average Bonchev–Trinajstić information content (AvgIpc) is 3.56. The maximum Gasteiger partial charge on any atom is 0.393 e. The summed E-state index contributed by atoms with van der Waals surface area (Å²) in [5.74, 6) is -3.03. The summed E-state index contributed by atoms with van der Waals surface area (Å²) in [4.78, 5) is 44.9. The first-order chi connectivity index (χ1) is 17.5. The second kappa shape index (κ2) is 10.9. The van der Waals surface area contributed by atoms with Crippen molar-refractivity contribution in [3.8, 4) is 0 Å². The van der Waals surface area contributed by atoms with Crippen molar-refractivity contribution in [2.45, 2.75) is 56.9 Å². The van der Waals surface area contributed by atoms with Gasteiger partial charge in [0.2, 0.25) is 17.7 Å². The predicted octanol–water partition coefficient (Wildman–Crippen LogP) is 1.94. The minimum absolute atomic E-state index is 0.00473. The van der Waals surface area contributed by atoms with E-state index in [1.165, 1.54) is 0 Å². The van der Waals surface area contributed by atoms with Crippen LogP contribution in [0, 0.1) is 5.92 Å². The van der Waals surface area contributed by atoms with E-state index in [9.17, 15) is 27.6 Å². The maximum atomic E-state index is 13.5. The van der Waals surface area contributed by atoms with Crippen LogP contribution in [-0.4, -0.2) is 70.4 Å². The minimum atomic E-state index is -4.56. The first-order valence-corrected chi connectivity index (χ1v) is 12.4. The summed E-state index contributed by atoms with van der Waals surface area (Å²) in [6, 6.07) is 4.58. The number of nitrogens with two attached hydrogens (primary N) is 2. The zero-order valence-electron chi connectivity index (χ0n) is 20.3. The number of aromatic nitrogens is 1. The van der Waals surface area contributed by atoms with Gasteiger partial charge in [-0.3, -0.25) is 14.4 Å². The Morgan fingerprint density at radius 3 is 2.59 bits per heavy atom. The zero-order chi connectivity index (χ0) is 26.7.